The van der Waals surface area contributed by atoms with Crippen LogP contribution in [0, 0.1) is 5.92 Å². The second-order valence-electron chi connectivity index (χ2n) is 6.65. The van der Waals surface area contributed by atoms with Gasteiger partial charge in [-0.2, -0.15) is 0 Å². The monoisotopic (exact) mass is 335 g/mol. The molecule has 7 heteroatoms. The Morgan fingerprint density at radius 2 is 1.73 bits per heavy atom. The van der Waals surface area contributed by atoms with Gasteiger partial charge in [-0.15, -0.1) is 0 Å². The molecule has 0 spiro atoms. The van der Waals surface area contributed by atoms with Crippen LogP contribution in [0.5, 0.6) is 0 Å². The van der Waals surface area contributed by atoms with E-state index in [0.29, 0.717) is 31.6 Å². The van der Waals surface area contributed by atoms with E-state index in [9.17, 15) is 8.42 Å². The maximum Gasteiger partial charge on any atom is 0.191 e. The van der Waals surface area contributed by atoms with Crippen molar-refractivity contribution in [1.29, 1.82) is 0 Å². The molecule has 6 nitrogen and oxygen atoms in total. The van der Waals surface area contributed by atoms with Crippen molar-refractivity contribution in [1.82, 2.24) is 10.6 Å². The maximum absolute atomic E-state index is 12.0. The molecule has 0 aromatic heterocycles. The fourth-order valence-electron chi connectivity index (χ4n) is 1.49. The van der Waals surface area contributed by atoms with Gasteiger partial charge in [0, 0.05) is 26.7 Å². The number of rotatable bonds is 9. The molecule has 0 saturated heterocycles. The van der Waals surface area contributed by atoms with Gasteiger partial charge < -0.3 is 15.4 Å². The fourth-order valence-corrected chi connectivity index (χ4v) is 2.48. The van der Waals surface area contributed by atoms with E-state index in [-0.39, 0.29) is 5.75 Å². The first-order chi connectivity index (χ1) is 10.1. The molecule has 0 aliphatic carbocycles. The van der Waals surface area contributed by atoms with Gasteiger partial charge in [0.15, 0.2) is 15.8 Å². The number of guanidine groups is 1. The lowest BCUT2D eigenvalue weighted by Gasteiger charge is -2.19. The molecule has 0 amide bonds. The lowest BCUT2D eigenvalue weighted by atomic mass is 10.1. The lowest BCUT2D eigenvalue weighted by Crippen LogP contribution is -2.42. The molecule has 22 heavy (non-hydrogen) atoms. The summed E-state index contributed by atoms with van der Waals surface area (Å²) < 4.78 is 28.8. The first-order valence-corrected chi connectivity index (χ1v) is 9.50. The van der Waals surface area contributed by atoms with Crippen LogP contribution in [0.2, 0.25) is 0 Å². The highest BCUT2D eigenvalue weighted by atomic mass is 32.2. The van der Waals surface area contributed by atoms with Crippen LogP contribution >= 0.6 is 0 Å². The highest BCUT2D eigenvalue weighted by molar-refractivity contribution is 7.92. The van der Waals surface area contributed by atoms with Crippen LogP contribution in [0.1, 0.15) is 41.0 Å². The number of ether oxygens (including phenoxy) is 1. The highest BCUT2D eigenvalue weighted by Crippen LogP contribution is 2.15. The van der Waals surface area contributed by atoms with E-state index >= 15 is 0 Å². The molecule has 0 bridgehead atoms. The van der Waals surface area contributed by atoms with Gasteiger partial charge in [0.25, 0.3) is 0 Å². The van der Waals surface area contributed by atoms with E-state index in [2.05, 4.69) is 29.5 Å². The lowest BCUT2D eigenvalue weighted by molar-refractivity contribution is 0.128. The van der Waals surface area contributed by atoms with Crippen LogP contribution in [-0.4, -0.2) is 58.2 Å². The zero-order chi connectivity index (χ0) is 17.2. The zero-order valence-electron chi connectivity index (χ0n) is 14.9. The number of hydrogen-bond acceptors (Lipinski definition) is 4. The average molecular weight is 336 g/mol. The first-order valence-electron chi connectivity index (χ1n) is 7.84. The molecule has 2 N–H and O–H groups in total. The number of nitrogens with zero attached hydrogens (tertiary/aromatic N) is 1. The van der Waals surface area contributed by atoms with Gasteiger partial charge in [-0.3, -0.25) is 4.99 Å². The molecule has 0 aromatic rings. The van der Waals surface area contributed by atoms with E-state index in [1.807, 2.05) is 0 Å². The highest BCUT2D eigenvalue weighted by Gasteiger charge is 2.28. The van der Waals surface area contributed by atoms with E-state index < -0.39 is 14.6 Å². The van der Waals surface area contributed by atoms with Crippen LogP contribution < -0.4 is 10.6 Å². The van der Waals surface area contributed by atoms with Crippen LogP contribution in [-0.2, 0) is 14.6 Å². The van der Waals surface area contributed by atoms with Crippen molar-refractivity contribution in [3.8, 4) is 0 Å². The third kappa shape index (κ3) is 9.25. The molecule has 0 fully saturated rings. The van der Waals surface area contributed by atoms with Gasteiger partial charge in [0.05, 0.1) is 17.1 Å². The van der Waals surface area contributed by atoms with Gasteiger partial charge in [0.2, 0.25) is 0 Å². The van der Waals surface area contributed by atoms with E-state index in [1.54, 1.807) is 27.8 Å². The standard InChI is InChI=1S/C15H33N3O3S/c1-13(2)7-10-21-11-8-17-14(16-6)18-9-12-22(19,20)15(3,4)5/h13H,7-12H2,1-6H3,(H2,16,17,18). The third-order valence-electron chi connectivity index (χ3n) is 3.20. The SMILES string of the molecule is CN=C(NCCOCCC(C)C)NCCS(=O)(=O)C(C)(C)C. The Hall–Kier alpha value is -0.820. The molecule has 0 aromatic carbocycles. The van der Waals surface area contributed by atoms with Crippen LogP contribution in [0.25, 0.3) is 0 Å². The van der Waals surface area contributed by atoms with E-state index in [0.717, 1.165) is 13.0 Å². The first kappa shape index (κ1) is 21.2. The number of aliphatic imine (C=N–C) groups is 1. The third-order valence-corrected chi connectivity index (χ3v) is 5.81. The van der Waals surface area contributed by atoms with Crippen molar-refractivity contribution >= 4 is 15.8 Å². The Morgan fingerprint density at radius 3 is 2.23 bits per heavy atom. The smallest absolute Gasteiger partial charge is 0.191 e. The summed E-state index contributed by atoms with van der Waals surface area (Å²) >= 11 is 0. The quantitative estimate of drug-likeness (QED) is 0.378. The Kier molecular flexibility index (Phi) is 9.67. The zero-order valence-corrected chi connectivity index (χ0v) is 15.7. The van der Waals surface area contributed by atoms with Gasteiger partial charge in [-0.25, -0.2) is 8.42 Å². The van der Waals surface area contributed by atoms with E-state index in [4.69, 9.17) is 4.74 Å². The minimum Gasteiger partial charge on any atom is -0.380 e. The predicted molar refractivity (Wildman–Crippen MR) is 93.2 cm³/mol. The molecule has 0 rings (SSSR count). The predicted octanol–water partition coefficient (Wildman–Crippen LogP) is 1.43. The van der Waals surface area contributed by atoms with Crippen molar-refractivity contribution < 1.29 is 13.2 Å². The Labute approximate surface area is 136 Å². The van der Waals surface area contributed by atoms with Crippen molar-refractivity contribution in [2.45, 2.75) is 45.8 Å². The van der Waals surface area contributed by atoms with Crippen LogP contribution in [0.4, 0.5) is 0 Å². The minimum atomic E-state index is -3.11. The van der Waals surface area contributed by atoms with Crippen molar-refractivity contribution in [3.63, 3.8) is 0 Å². The molecule has 0 saturated carbocycles. The molecule has 0 unspecified atom stereocenters. The summed E-state index contributed by atoms with van der Waals surface area (Å²) in [5, 5.41) is 6.11. The summed E-state index contributed by atoms with van der Waals surface area (Å²) in [4.78, 5) is 4.06. The van der Waals surface area contributed by atoms with E-state index in [1.165, 1.54) is 0 Å². The van der Waals surface area contributed by atoms with Crippen LogP contribution in [0.3, 0.4) is 0 Å². The Morgan fingerprint density at radius 1 is 1.14 bits per heavy atom. The van der Waals surface area contributed by atoms with Crippen molar-refractivity contribution in [2.75, 3.05) is 39.1 Å². The molecule has 0 aliphatic heterocycles. The molecule has 0 atom stereocenters. The fraction of sp³-hybridized carbons (Fsp3) is 0.933. The molecule has 132 valence electrons. The summed E-state index contributed by atoms with van der Waals surface area (Å²) in [6.45, 7) is 11.8. The van der Waals surface area contributed by atoms with Crippen molar-refractivity contribution in [2.24, 2.45) is 10.9 Å². The number of nitrogens with one attached hydrogen (secondary N) is 2. The second kappa shape index (κ2) is 10.0. The van der Waals surface area contributed by atoms with Gasteiger partial charge in [-0.05, 0) is 33.1 Å². The summed E-state index contributed by atoms with van der Waals surface area (Å²) in [7, 11) is -1.45. The molecule has 0 heterocycles. The number of hydrogen-bond donors (Lipinski definition) is 2. The Bertz CT molecular complexity index is 426. The van der Waals surface area contributed by atoms with Crippen molar-refractivity contribution in [3.05, 3.63) is 0 Å². The Balaban J connectivity index is 3.91. The van der Waals surface area contributed by atoms with Gasteiger partial charge in [0.1, 0.15) is 0 Å². The van der Waals surface area contributed by atoms with Gasteiger partial charge in [-0.1, -0.05) is 13.8 Å². The molecular weight excluding hydrogens is 302 g/mol. The van der Waals surface area contributed by atoms with Gasteiger partial charge >= 0.3 is 0 Å². The summed E-state index contributed by atoms with van der Waals surface area (Å²) in [5.41, 5.74) is 0. The molecule has 0 aliphatic rings. The summed E-state index contributed by atoms with van der Waals surface area (Å²) in [6, 6.07) is 0. The molecule has 0 radical (unpaired) electrons. The second-order valence-corrected chi connectivity index (χ2v) is 9.51. The normalized spacial score (nSPS) is 13.5. The average Bonchev–Trinajstić information content (AvgIpc) is 2.38. The van der Waals surface area contributed by atoms with Crippen LogP contribution in [0.15, 0.2) is 4.99 Å². The summed E-state index contributed by atoms with van der Waals surface area (Å²) in [6.07, 6.45) is 1.05. The summed E-state index contributed by atoms with van der Waals surface area (Å²) in [5.74, 6) is 1.32. The molecular formula is C15H33N3O3S. The largest absolute Gasteiger partial charge is 0.380 e. The minimum absolute atomic E-state index is 0.0854. The topological polar surface area (TPSA) is 79.8 Å². The number of sulfone groups is 1. The maximum atomic E-state index is 12.0.